The van der Waals surface area contributed by atoms with Gasteiger partial charge < -0.3 is 15.0 Å². The highest BCUT2D eigenvalue weighted by Crippen LogP contribution is 2.03. The molecular weight excluding hydrogens is 226 g/mol. The molecule has 4 heteroatoms. The van der Waals surface area contributed by atoms with Gasteiger partial charge in [0.2, 0.25) is 0 Å². The minimum atomic E-state index is 0.0594. The number of benzene rings is 1. The van der Waals surface area contributed by atoms with Crippen molar-refractivity contribution < 1.29 is 5.11 Å². The Hall–Kier alpha value is -1.65. The first kappa shape index (κ1) is 12.8. The lowest BCUT2D eigenvalue weighted by atomic mass is 10.1. The fourth-order valence-corrected chi connectivity index (χ4v) is 1.90. The van der Waals surface area contributed by atoms with E-state index in [0.29, 0.717) is 6.54 Å². The molecule has 2 rings (SSSR count). The van der Waals surface area contributed by atoms with Crippen LogP contribution in [0.1, 0.15) is 11.4 Å². The monoisotopic (exact) mass is 245 g/mol. The van der Waals surface area contributed by atoms with Crippen LogP contribution in [-0.2, 0) is 20.0 Å². The number of nitrogens with zero attached hydrogens (tertiary/aromatic N) is 2. The number of imidazole rings is 1. The van der Waals surface area contributed by atoms with Gasteiger partial charge in [-0.15, -0.1) is 0 Å². The average molecular weight is 245 g/mol. The molecule has 0 bridgehead atoms. The molecule has 1 aromatic carbocycles. The summed E-state index contributed by atoms with van der Waals surface area (Å²) in [5, 5.41) is 12.7. The molecule has 1 atom stereocenters. The number of nitrogens with one attached hydrogen (secondary N) is 1. The molecule has 0 saturated heterocycles. The van der Waals surface area contributed by atoms with Gasteiger partial charge in [-0.1, -0.05) is 30.3 Å². The standard InChI is InChI=1S/C14H19N3O/c1-17-8-7-15-14(17)10-16-13(11-18)9-12-5-3-2-4-6-12/h2-8,13,16,18H,9-11H2,1H3/t13-/m1/s1. The quantitative estimate of drug-likeness (QED) is 0.801. The second-order valence-electron chi connectivity index (χ2n) is 4.40. The van der Waals surface area contributed by atoms with E-state index in [9.17, 15) is 5.11 Å². The number of hydrogen-bond donors (Lipinski definition) is 2. The lowest BCUT2D eigenvalue weighted by molar-refractivity contribution is 0.239. The van der Waals surface area contributed by atoms with Gasteiger partial charge in [0.15, 0.2) is 0 Å². The molecule has 0 spiro atoms. The van der Waals surface area contributed by atoms with E-state index in [2.05, 4.69) is 22.4 Å². The third-order valence-electron chi connectivity index (χ3n) is 3.02. The molecule has 2 N–H and O–H groups in total. The summed E-state index contributed by atoms with van der Waals surface area (Å²) < 4.78 is 1.98. The summed E-state index contributed by atoms with van der Waals surface area (Å²) in [4.78, 5) is 4.25. The maximum Gasteiger partial charge on any atom is 0.122 e. The molecule has 0 saturated carbocycles. The highest BCUT2D eigenvalue weighted by molar-refractivity contribution is 5.15. The summed E-state index contributed by atoms with van der Waals surface area (Å²) in [5.41, 5.74) is 1.23. The molecule has 1 aromatic heterocycles. The summed E-state index contributed by atoms with van der Waals surface area (Å²) in [5.74, 6) is 0.974. The third-order valence-corrected chi connectivity index (χ3v) is 3.02. The number of rotatable bonds is 6. The van der Waals surface area contributed by atoms with Gasteiger partial charge in [0.1, 0.15) is 5.82 Å². The predicted molar refractivity (Wildman–Crippen MR) is 71.1 cm³/mol. The number of aliphatic hydroxyl groups is 1. The minimum Gasteiger partial charge on any atom is -0.395 e. The van der Waals surface area contributed by atoms with Crippen molar-refractivity contribution in [2.75, 3.05) is 6.61 Å². The van der Waals surface area contributed by atoms with Gasteiger partial charge in [-0.05, 0) is 12.0 Å². The van der Waals surface area contributed by atoms with Gasteiger partial charge in [-0.3, -0.25) is 0 Å². The predicted octanol–water partition coefficient (Wildman–Crippen LogP) is 1.11. The molecule has 0 aliphatic rings. The van der Waals surface area contributed by atoms with Gasteiger partial charge in [0.05, 0.1) is 13.2 Å². The highest BCUT2D eigenvalue weighted by Gasteiger charge is 2.09. The summed E-state index contributed by atoms with van der Waals surface area (Å²) in [6, 6.07) is 10.2. The van der Waals surface area contributed by atoms with Crippen molar-refractivity contribution in [1.29, 1.82) is 0 Å². The van der Waals surface area contributed by atoms with Crippen LogP contribution in [0.2, 0.25) is 0 Å². The molecule has 1 heterocycles. The number of aromatic nitrogens is 2. The van der Waals surface area contributed by atoms with E-state index in [0.717, 1.165) is 12.2 Å². The first-order chi connectivity index (χ1) is 8.79. The Kier molecular flexibility index (Phi) is 4.50. The number of aliphatic hydroxyl groups excluding tert-OH is 1. The van der Waals surface area contributed by atoms with Crippen molar-refractivity contribution in [2.45, 2.75) is 19.0 Å². The fourth-order valence-electron chi connectivity index (χ4n) is 1.90. The van der Waals surface area contributed by atoms with Crippen molar-refractivity contribution in [3.05, 3.63) is 54.1 Å². The van der Waals surface area contributed by atoms with Crippen LogP contribution in [0.15, 0.2) is 42.7 Å². The lowest BCUT2D eigenvalue weighted by Gasteiger charge is -2.16. The zero-order valence-corrected chi connectivity index (χ0v) is 10.6. The Balaban J connectivity index is 1.88. The zero-order chi connectivity index (χ0) is 12.8. The summed E-state index contributed by atoms with van der Waals surface area (Å²) in [6.45, 7) is 0.793. The Bertz CT molecular complexity index is 467. The minimum absolute atomic E-state index is 0.0594. The molecule has 0 unspecified atom stereocenters. The third kappa shape index (κ3) is 3.42. The average Bonchev–Trinajstić information content (AvgIpc) is 2.81. The van der Waals surface area contributed by atoms with Crippen LogP contribution < -0.4 is 5.32 Å². The van der Waals surface area contributed by atoms with Gasteiger partial charge >= 0.3 is 0 Å². The van der Waals surface area contributed by atoms with E-state index in [-0.39, 0.29) is 12.6 Å². The van der Waals surface area contributed by atoms with Gasteiger partial charge in [-0.25, -0.2) is 4.98 Å². The van der Waals surface area contributed by atoms with E-state index in [1.54, 1.807) is 6.20 Å². The molecule has 2 aromatic rings. The maximum atomic E-state index is 9.40. The van der Waals surface area contributed by atoms with E-state index in [4.69, 9.17) is 0 Å². The molecule has 0 amide bonds. The van der Waals surface area contributed by atoms with Crippen molar-refractivity contribution in [2.24, 2.45) is 7.05 Å². The normalized spacial score (nSPS) is 12.6. The van der Waals surface area contributed by atoms with Crippen LogP contribution in [0, 0.1) is 0 Å². The van der Waals surface area contributed by atoms with Crippen LogP contribution in [0.5, 0.6) is 0 Å². The SMILES string of the molecule is Cn1ccnc1CN[C@@H](CO)Cc1ccccc1. The smallest absolute Gasteiger partial charge is 0.122 e. The summed E-state index contributed by atoms with van der Waals surface area (Å²) in [6.07, 6.45) is 4.52. The summed E-state index contributed by atoms with van der Waals surface area (Å²) >= 11 is 0. The molecule has 0 fully saturated rings. The molecule has 0 aliphatic carbocycles. The van der Waals surface area contributed by atoms with Crippen LogP contribution in [-0.4, -0.2) is 27.3 Å². The molecule has 96 valence electrons. The van der Waals surface area contributed by atoms with Crippen molar-refractivity contribution in [3.63, 3.8) is 0 Å². The fraction of sp³-hybridized carbons (Fsp3) is 0.357. The van der Waals surface area contributed by atoms with Crippen LogP contribution in [0.4, 0.5) is 0 Å². The summed E-state index contributed by atoms with van der Waals surface area (Å²) in [7, 11) is 1.97. The van der Waals surface area contributed by atoms with Crippen molar-refractivity contribution in [1.82, 2.24) is 14.9 Å². The lowest BCUT2D eigenvalue weighted by Crippen LogP contribution is -2.34. The molecule has 4 nitrogen and oxygen atoms in total. The highest BCUT2D eigenvalue weighted by atomic mass is 16.3. The Morgan fingerprint density at radius 2 is 2.11 bits per heavy atom. The zero-order valence-electron chi connectivity index (χ0n) is 10.6. The van der Waals surface area contributed by atoms with Gasteiger partial charge in [-0.2, -0.15) is 0 Å². The van der Waals surface area contributed by atoms with E-state index < -0.39 is 0 Å². The molecule has 0 aliphatic heterocycles. The number of hydrogen-bond acceptors (Lipinski definition) is 3. The van der Waals surface area contributed by atoms with Crippen LogP contribution in [0.25, 0.3) is 0 Å². The van der Waals surface area contributed by atoms with Gasteiger partial charge in [0.25, 0.3) is 0 Å². The number of aryl methyl sites for hydroxylation is 1. The van der Waals surface area contributed by atoms with E-state index in [1.807, 2.05) is 36.0 Å². The Labute approximate surface area is 107 Å². The second kappa shape index (κ2) is 6.33. The molecular formula is C14H19N3O. The first-order valence-electron chi connectivity index (χ1n) is 6.14. The van der Waals surface area contributed by atoms with Crippen LogP contribution >= 0.6 is 0 Å². The Morgan fingerprint density at radius 1 is 1.33 bits per heavy atom. The molecule has 18 heavy (non-hydrogen) atoms. The van der Waals surface area contributed by atoms with E-state index in [1.165, 1.54) is 5.56 Å². The molecule has 0 radical (unpaired) electrons. The Morgan fingerprint density at radius 3 is 2.72 bits per heavy atom. The van der Waals surface area contributed by atoms with Crippen molar-refractivity contribution in [3.8, 4) is 0 Å². The van der Waals surface area contributed by atoms with Crippen molar-refractivity contribution >= 4 is 0 Å². The topological polar surface area (TPSA) is 50.1 Å². The first-order valence-corrected chi connectivity index (χ1v) is 6.14. The maximum absolute atomic E-state index is 9.40. The van der Waals surface area contributed by atoms with Crippen LogP contribution in [0.3, 0.4) is 0 Å². The second-order valence-corrected chi connectivity index (χ2v) is 4.40. The van der Waals surface area contributed by atoms with E-state index >= 15 is 0 Å². The van der Waals surface area contributed by atoms with Gasteiger partial charge in [0, 0.05) is 25.5 Å². The largest absolute Gasteiger partial charge is 0.395 e.